The summed E-state index contributed by atoms with van der Waals surface area (Å²) in [6.07, 6.45) is 8.21. The van der Waals surface area contributed by atoms with Gasteiger partial charge in [-0.25, -0.2) is 0 Å². The zero-order valence-corrected chi connectivity index (χ0v) is 11.6. The summed E-state index contributed by atoms with van der Waals surface area (Å²) in [6, 6.07) is 1.39. The molecule has 3 heterocycles. The number of nitrogens with zero attached hydrogens (tertiary/aromatic N) is 3. The van der Waals surface area contributed by atoms with Gasteiger partial charge >= 0.3 is 0 Å². The van der Waals surface area contributed by atoms with E-state index in [0.717, 1.165) is 18.7 Å². The normalized spacial score (nSPS) is 29.9. The van der Waals surface area contributed by atoms with E-state index in [2.05, 4.69) is 14.9 Å². The van der Waals surface area contributed by atoms with E-state index in [-0.39, 0.29) is 6.10 Å². The molecule has 2 fully saturated rings. The summed E-state index contributed by atoms with van der Waals surface area (Å²) in [7, 11) is 0. The van der Waals surface area contributed by atoms with Gasteiger partial charge in [0.1, 0.15) is 0 Å². The minimum atomic E-state index is 0.121. The maximum absolute atomic E-state index is 6.10. The molecule has 2 aliphatic heterocycles. The van der Waals surface area contributed by atoms with Crippen LogP contribution in [-0.4, -0.2) is 34.2 Å². The molecule has 0 aromatic carbocycles. The van der Waals surface area contributed by atoms with Gasteiger partial charge in [-0.15, -0.1) is 0 Å². The van der Waals surface area contributed by atoms with E-state index in [4.69, 9.17) is 10.5 Å². The van der Waals surface area contributed by atoms with Crippen LogP contribution < -0.4 is 15.4 Å². The molecule has 2 saturated heterocycles. The molecular weight excluding hydrogens is 240 g/mol. The first-order chi connectivity index (χ1) is 9.13. The van der Waals surface area contributed by atoms with Crippen LogP contribution in [0, 0.1) is 0 Å². The average molecular weight is 262 g/mol. The Kier molecular flexibility index (Phi) is 3.31. The number of piperidine rings is 1. The number of anilines is 1. The number of aromatic nitrogens is 2. The quantitative estimate of drug-likeness (QED) is 0.898. The van der Waals surface area contributed by atoms with Crippen molar-refractivity contribution in [2.45, 2.75) is 63.8 Å². The lowest BCUT2D eigenvalue weighted by atomic mass is 9.98. The molecule has 2 atom stereocenters. The fourth-order valence-corrected chi connectivity index (χ4v) is 3.35. The van der Waals surface area contributed by atoms with Crippen molar-refractivity contribution >= 4 is 5.82 Å². The Labute approximate surface area is 114 Å². The highest BCUT2D eigenvalue weighted by Crippen LogP contribution is 2.38. The molecule has 2 aliphatic rings. The molecule has 0 amide bonds. The second-order valence-corrected chi connectivity index (χ2v) is 5.91. The Hall–Kier alpha value is -1.36. The standard InChI is InChI=1S/C14H22N4O/c1-9(2)19-14-8-16-7-13(17-14)18-11-3-4-12(18)6-10(15)5-11/h7-12H,3-6,15H2,1-2H3. The number of hydrogen-bond donors (Lipinski definition) is 1. The molecule has 0 aliphatic carbocycles. The second kappa shape index (κ2) is 4.96. The predicted octanol–water partition coefficient (Wildman–Crippen LogP) is 1.72. The van der Waals surface area contributed by atoms with Gasteiger partial charge in [-0.2, -0.15) is 4.98 Å². The van der Waals surface area contributed by atoms with Crippen LogP contribution in [-0.2, 0) is 0 Å². The van der Waals surface area contributed by atoms with Gasteiger partial charge in [0, 0.05) is 18.1 Å². The number of hydrogen-bond acceptors (Lipinski definition) is 5. The summed E-state index contributed by atoms with van der Waals surface area (Å²) in [5.74, 6) is 1.55. The van der Waals surface area contributed by atoms with Crippen LogP contribution in [0.5, 0.6) is 5.88 Å². The topological polar surface area (TPSA) is 64.3 Å². The highest BCUT2D eigenvalue weighted by Gasteiger charge is 2.40. The molecule has 0 saturated carbocycles. The molecule has 3 rings (SSSR count). The highest BCUT2D eigenvalue weighted by atomic mass is 16.5. The van der Waals surface area contributed by atoms with Gasteiger partial charge in [0.05, 0.1) is 18.5 Å². The summed E-state index contributed by atoms with van der Waals surface area (Å²) >= 11 is 0. The lowest BCUT2D eigenvalue weighted by molar-refractivity contribution is 0.231. The van der Waals surface area contributed by atoms with E-state index in [1.807, 2.05) is 20.0 Å². The van der Waals surface area contributed by atoms with Crippen molar-refractivity contribution in [3.8, 4) is 5.88 Å². The van der Waals surface area contributed by atoms with E-state index in [1.165, 1.54) is 12.8 Å². The zero-order valence-electron chi connectivity index (χ0n) is 11.6. The van der Waals surface area contributed by atoms with Crippen LogP contribution >= 0.6 is 0 Å². The fraction of sp³-hybridized carbons (Fsp3) is 0.714. The third kappa shape index (κ3) is 2.52. The lowest BCUT2D eigenvalue weighted by Crippen LogP contribution is -2.47. The van der Waals surface area contributed by atoms with E-state index in [9.17, 15) is 0 Å². The van der Waals surface area contributed by atoms with Crippen molar-refractivity contribution in [3.05, 3.63) is 12.4 Å². The number of rotatable bonds is 3. The van der Waals surface area contributed by atoms with Crippen molar-refractivity contribution in [1.29, 1.82) is 0 Å². The highest BCUT2D eigenvalue weighted by molar-refractivity contribution is 5.43. The van der Waals surface area contributed by atoms with Crippen molar-refractivity contribution in [2.75, 3.05) is 4.90 Å². The van der Waals surface area contributed by atoms with Gasteiger partial charge in [-0.05, 0) is 39.5 Å². The Morgan fingerprint density at radius 3 is 2.58 bits per heavy atom. The molecule has 1 aromatic heterocycles. The summed E-state index contributed by atoms with van der Waals surface area (Å²) in [5.41, 5.74) is 6.10. The van der Waals surface area contributed by atoms with Gasteiger partial charge in [-0.3, -0.25) is 4.98 Å². The number of ether oxygens (including phenoxy) is 1. The number of nitrogens with two attached hydrogens (primary N) is 1. The third-order valence-electron chi connectivity index (χ3n) is 3.99. The third-order valence-corrected chi connectivity index (χ3v) is 3.99. The Morgan fingerprint density at radius 2 is 1.95 bits per heavy atom. The molecule has 1 aromatic rings. The molecule has 5 nitrogen and oxygen atoms in total. The van der Waals surface area contributed by atoms with Crippen LogP contribution in [0.1, 0.15) is 39.5 Å². The Morgan fingerprint density at radius 1 is 1.26 bits per heavy atom. The van der Waals surface area contributed by atoms with Gasteiger partial charge in [0.15, 0.2) is 5.82 Å². The molecule has 0 radical (unpaired) electrons. The summed E-state index contributed by atoms with van der Waals surface area (Å²) in [6.45, 7) is 4.00. The second-order valence-electron chi connectivity index (χ2n) is 5.91. The fourth-order valence-electron chi connectivity index (χ4n) is 3.35. The van der Waals surface area contributed by atoms with Crippen molar-refractivity contribution in [3.63, 3.8) is 0 Å². The monoisotopic (exact) mass is 262 g/mol. The molecule has 2 bridgehead atoms. The predicted molar refractivity (Wildman–Crippen MR) is 74.3 cm³/mol. The van der Waals surface area contributed by atoms with E-state index < -0.39 is 0 Å². The first kappa shape index (κ1) is 12.7. The minimum Gasteiger partial charge on any atom is -0.474 e. The van der Waals surface area contributed by atoms with Gasteiger partial charge in [-0.1, -0.05) is 0 Å². The van der Waals surface area contributed by atoms with Crippen LogP contribution in [0.2, 0.25) is 0 Å². The molecular formula is C14H22N4O. The van der Waals surface area contributed by atoms with Crippen LogP contribution in [0.25, 0.3) is 0 Å². The minimum absolute atomic E-state index is 0.121. The summed E-state index contributed by atoms with van der Waals surface area (Å²) in [5, 5.41) is 0. The average Bonchev–Trinajstić information content (AvgIpc) is 2.61. The van der Waals surface area contributed by atoms with Crippen molar-refractivity contribution < 1.29 is 4.74 Å². The molecule has 2 unspecified atom stereocenters. The van der Waals surface area contributed by atoms with Crippen LogP contribution in [0.15, 0.2) is 12.4 Å². The van der Waals surface area contributed by atoms with Gasteiger partial charge in [0.2, 0.25) is 5.88 Å². The first-order valence-corrected chi connectivity index (χ1v) is 7.16. The smallest absolute Gasteiger partial charge is 0.234 e. The van der Waals surface area contributed by atoms with Gasteiger partial charge < -0.3 is 15.4 Å². The van der Waals surface area contributed by atoms with Gasteiger partial charge in [0.25, 0.3) is 0 Å². The summed E-state index contributed by atoms with van der Waals surface area (Å²) < 4.78 is 5.63. The number of fused-ring (bicyclic) bond motifs is 2. The SMILES string of the molecule is CC(C)Oc1cncc(N2C3CCC2CC(N)C3)n1. The van der Waals surface area contributed by atoms with Crippen molar-refractivity contribution in [1.82, 2.24) is 9.97 Å². The molecule has 104 valence electrons. The zero-order chi connectivity index (χ0) is 13.4. The first-order valence-electron chi connectivity index (χ1n) is 7.16. The van der Waals surface area contributed by atoms with Crippen LogP contribution in [0.4, 0.5) is 5.82 Å². The largest absolute Gasteiger partial charge is 0.474 e. The summed E-state index contributed by atoms with van der Waals surface area (Å²) in [4.78, 5) is 11.3. The molecule has 2 N–H and O–H groups in total. The Bertz CT molecular complexity index is 437. The molecule has 0 spiro atoms. The molecule has 5 heteroatoms. The maximum atomic E-state index is 6.10. The van der Waals surface area contributed by atoms with E-state index in [0.29, 0.717) is 24.0 Å². The van der Waals surface area contributed by atoms with E-state index >= 15 is 0 Å². The van der Waals surface area contributed by atoms with E-state index in [1.54, 1.807) is 6.20 Å². The van der Waals surface area contributed by atoms with Crippen LogP contribution in [0.3, 0.4) is 0 Å². The lowest BCUT2D eigenvalue weighted by Gasteiger charge is -2.38. The Balaban J connectivity index is 1.82. The maximum Gasteiger partial charge on any atom is 0.234 e. The molecule has 19 heavy (non-hydrogen) atoms. The van der Waals surface area contributed by atoms with Crippen molar-refractivity contribution in [2.24, 2.45) is 5.73 Å².